The van der Waals surface area contributed by atoms with Crippen LogP contribution in [0.3, 0.4) is 0 Å². The van der Waals surface area contributed by atoms with Crippen LogP contribution < -0.4 is 0 Å². The predicted octanol–water partition coefficient (Wildman–Crippen LogP) is 0.861. The number of carboxylic acids is 2. The van der Waals surface area contributed by atoms with Crippen LogP contribution in [0.4, 0.5) is 0 Å². The number of carbonyl (C=O) groups is 2. The Kier molecular flexibility index (Phi) is 4.50. The molecule has 0 heterocycles. The van der Waals surface area contributed by atoms with Crippen molar-refractivity contribution in [3.8, 4) is 5.75 Å². The van der Waals surface area contributed by atoms with E-state index in [9.17, 15) is 14.7 Å². The maximum Gasteiger partial charge on any atom is 0.336 e. The van der Waals surface area contributed by atoms with Gasteiger partial charge in [0.25, 0.3) is 0 Å². The lowest BCUT2D eigenvalue weighted by molar-refractivity contribution is -0.174. The summed E-state index contributed by atoms with van der Waals surface area (Å²) in [5.41, 5.74) is -1.94. The number of benzene rings is 1. The van der Waals surface area contributed by atoms with Crippen LogP contribution >= 0.6 is 0 Å². The smallest absolute Gasteiger partial charge is 0.336 e. The lowest BCUT2D eigenvalue weighted by atomic mass is 9.80. The van der Waals surface area contributed by atoms with Gasteiger partial charge in [-0.1, -0.05) is 19.1 Å². The number of aliphatic carboxylic acids is 2. The summed E-state index contributed by atoms with van der Waals surface area (Å²) in [5.74, 6) is -4.33. The minimum absolute atomic E-state index is 0.00375. The van der Waals surface area contributed by atoms with Gasteiger partial charge in [-0.3, -0.25) is 4.79 Å². The highest BCUT2D eigenvalue weighted by atomic mass is 16.4. The molecular formula is C13H16O6. The fraction of sp³-hybridized carbons (Fsp3) is 0.385. The van der Waals surface area contributed by atoms with Crippen LogP contribution in [0.5, 0.6) is 5.75 Å². The van der Waals surface area contributed by atoms with Crippen molar-refractivity contribution in [3.63, 3.8) is 0 Å². The monoisotopic (exact) mass is 268 g/mol. The molecule has 2 unspecified atom stereocenters. The molecule has 1 rings (SSSR count). The van der Waals surface area contributed by atoms with Gasteiger partial charge in [-0.05, 0) is 24.1 Å². The molecule has 104 valence electrons. The Bertz CT molecular complexity index is 467. The second kappa shape index (κ2) is 5.71. The van der Waals surface area contributed by atoms with Crippen LogP contribution in [0.25, 0.3) is 0 Å². The van der Waals surface area contributed by atoms with Crippen molar-refractivity contribution in [1.82, 2.24) is 0 Å². The third kappa shape index (κ3) is 3.23. The molecule has 0 aliphatic rings. The molecule has 0 aromatic heterocycles. The van der Waals surface area contributed by atoms with Gasteiger partial charge >= 0.3 is 11.9 Å². The number of aliphatic hydroxyl groups is 1. The zero-order valence-corrected chi connectivity index (χ0v) is 10.4. The molecule has 0 saturated carbocycles. The fourth-order valence-corrected chi connectivity index (χ4v) is 1.99. The summed E-state index contributed by atoms with van der Waals surface area (Å²) in [5, 5.41) is 37.5. The van der Waals surface area contributed by atoms with Crippen molar-refractivity contribution in [2.24, 2.45) is 5.92 Å². The summed E-state index contributed by atoms with van der Waals surface area (Å²) in [6, 6.07) is 5.58. The maximum atomic E-state index is 11.2. The van der Waals surface area contributed by atoms with E-state index < -0.39 is 23.5 Å². The molecule has 0 radical (unpaired) electrons. The first-order valence-corrected chi connectivity index (χ1v) is 5.77. The highest BCUT2D eigenvalue weighted by Gasteiger charge is 2.47. The van der Waals surface area contributed by atoms with Gasteiger partial charge in [0.15, 0.2) is 5.60 Å². The number of carboxylic acid groups (broad SMARTS) is 2. The summed E-state index contributed by atoms with van der Waals surface area (Å²) in [6.45, 7) is 1.50. The van der Waals surface area contributed by atoms with Gasteiger partial charge in [-0.25, -0.2) is 4.79 Å². The maximum absolute atomic E-state index is 11.2. The summed E-state index contributed by atoms with van der Waals surface area (Å²) in [7, 11) is 0. The van der Waals surface area contributed by atoms with E-state index in [1.165, 1.54) is 31.2 Å². The molecule has 0 saturated heterocycles. The Morgan fingerprint density at radius 2 is 1.74 bits per heavy atom. The summed E-state index contributed by atoms with van der Waals surface area (Å²) >= 11 is 0. The number of phenolic OH excluding ortho intramolecular Hbond substituents is 1. The number of phenols is 1. The number of aromatic hydroxyl groups is 1. The normalized spacial score (nSPS) is 15.5. The van der Waals surface area contributed by atoms with Gasteiger partial charge in [-0.15, -0.1) is 0 Å². The van der Waals surface area contributed by atoms with Gasteiger partial charge in [0, 0.05) is 6.42 Å². The highest BCUT2D eigenvalue weighted by Crippen LogP contribution is 2.27. The number of hydrogen-bond donors (Lipinski definition) is 4. The first kappa shape index (κ1) is 15.0. The van der Waals surface area contributed by atoms with Crippen molar-refractivity contribution in [3.05, 3.63) is 29.8 Å². The third-order valence-corrected chi connectivity index (χ3v) is 3.06. The van der Waals surface area contributed by atoms with Crippen LogP contribution in [-0.2, 0) is 16.0 Å². The van der Waals surface area contributed by atoms with E-state index in [-0.39, 0.29) is 18.6 Å². The molecule has 2 atom stereocenters. The van der Waals surface area contributed by atoms with E-state index in [1.807, 2.05) is 0 Å². The highest BCUT2D eigenvalue weighted by molar-refractivity contribution is 5.85. The van der Waals surface area contributed by atoms with Gasteiger partial charge < -0.3 is 20.4 Å². The topological polar surface area (TPSA) is 115 Å². The molecule has 0 spiro atoms. The molecule has 6 heteroatoms. The summed E-state index contributed by atoms with van der Waals surface area (Å²) in [6.07, 6.45) is -0.344. The van der Waals surface area contributed by atoms with Gasteiger partial charge in [0.1, 0.15) is 5.75 Å². The zero-order valence-electron chi connectivity index (χ0n) is 10.4. The van der Waals surface area contributed by atoms with Crippen LogP contribution in [0.2, 0.25) is 0 Å². The Morgan fingerprint density at radius 1 is 1.21 bits per heavy atom. The van der Waals surface area contributed by atoms with E-state index >= 15 is 0 Å². The first-order valence-electron chi connectivity index (χ1n) is 5.77. The molecule has 1 aromatic rings. The van der Waals surface area contributed by atoms with Crippen LogP contribution in [0.1, 0.15) is 18.9 Å². The third-order valence-electron chi connectivity index (χ3n) is 3.06. The van der Waals surface area contributed by atoms with Gasteiger partial charge in [-0.2, -0.15) is 0 Å². The standard InChI is InChI=1S/C13H16O6/c1-2-10(11(15)16)13(19,12(17)18)7-8-3-5-9(14)6-4-8/h3-6,10,14,19H,2,7H2,1H3,(H,15,16)(H,17,18). The molecule has 0 fully saturated rings. The Hall–Kier alpha value is -2.08. The molecule has 0 amide bonds. The van der Waals surface area contributed by atoms with Crippen molar-refractivity contribution in [2.75, 3.05) is 0 Å². The molecule has 6 nitrogen and oxygen atoms in total. The summed E-state index contributed by atoms with van der Waals surface area (Å²) in [4.78, 5) is 22.3. The van der Waals surface area contributed by atoms with Crippen LogP contribution in [0.15, 0.2) is 24.3 Å². The van der Waals surface area contributed by atoms with Crippen molar-refractivity contribution >= 4 is 11.9 Å². The first-order chi connectivity index (χ1) is 8.81. The molecule has 0 aliphatic carbocycles. The van der Waals surface area contributed by atoms with E-state index in [1.54, 1.807) is 0 Å². The van der Waals surface area contributed by atoms with Crippen LogP contribution in [-0.4, -0.2) is 38.0 Å². The fourth-order valence-electron chi connectivity index (χ4n) is 1.99. The molecule has 4 N–H and O–H groups in total. The minimum Gasteiger partial charge on any atom is -0.508 e. The average Bonchev–Trinajstić information content (AvgIpc) is 2.32. The zero-order chi connectivity index (χ0) is 14.6. The number of hydrogen-bond acceptors (Lipinski definition) is 4. The van der Waals surface area contributed by atoms with E-state index in [0.717, 1.165) is 0 Å². The Labute approximate surface area is 109 Å². The quantitative estimate of drug-likeness (QED) is 0.608. The Morgan fingerprint density at radius 3 is 2.11 bits per heavy atom. The second-order valence-electron chi connectivity index (χ2n) is 4.37. The number of rotatable bonds is 6. The van der Waals surface area contributed by atoms with E-state index in [4.69, 9.17) is 15.3 Å². The SMILES string of the molecule is CCC(C(=O)O)C(O)(Cc1ccc(O)cc1)C(=O)O. The van der Waals surface area contributed by atoms with E-state index in [2.05, 4.69) is 0 Å². The minimum atomic E-state index is -2.38. The predicted molar refractivity (Wildman–Crippen MR) is 65.8 cm³/mol. The van der Waals surface area contributed by atoms with Crippen molar-refractivity contribution in [2.45, 2.75) is 25.4 Å². The lowest BCUT2D eigenvalue weighted by Gasteiger charge is -2.29. The molecule has 0 bridgehead atoms. The lowest BCUT2D eigenvalue weighted by Crippen LogP contribution is -2.50. The Balaban J connectivity index is 3.09. The molecule has 0 aliphatic heterocycles. The molecule has 1 aromatic carbocycles. The van der Waals surface area contributed by atoms with Crippen molar-refractivity contribution < 1.29 is 30.0 Å². The second-order valence-corrected chi connectivity index (χ2v) is 4.37. The average molecular weight is 268 g/mol. The summed E-state index contributed by atoms with van der Waals surface area (Å²) < 4.78 is 0. The van der Waals surface area contributed by atoms with Crippen LogP contribution in [0, 0.1) is 5.92 Å². The van der Waals surface area contributed by atoms with Gasteiger partial charge in [0.2, 0.25) is 0 Å². The van der Waals surface area contributed by atoms with E-state index in [0.29, 0.717) is 5.56 Å². The van der Waals surface area contributed by atoms with Gasteiger partial charge in [0.05, 0.1) is 5.92 Å². The molecule has 19 heavy (non-hydrogen) atoms. The molecular weight excluding hydrogens is 252 g/mol. The van der Waals surface area contributed by atoms with Crippen molar-refractivity contribution in [1.29, 1.82) is 0 Å². The largest absolute Gasteiger partial charge is 0.508 e.